The van der Waals surface area contributed by atoms with Crippen molar-refractivity contribution in [2.45, 2.75) is 20.3 Å². The number of thiazole rings is 1. The topological polar surface area (TPSA) is 33.2 Å². The first-order chi connectivity index (χ1) is 8.22. The van der Waals surface area contributed by atoms with Gasteiger partial charge in [-0.1, -0.05) is 25.1 Å². The Morgan fingerprint density at radius 3 is 2.59 bits per heavy atom. The van der Waals surface area contributed by atoms with Crippen LogP contribution in [0.25, 0.3) is 0 Å². The fourth-order valence-corrected chi connectivity index (χ4v) is 2.38. The molecule has 88 valence electrons. The Morgan fingerprint density at radius 2 is 2.06 bits per heavy atom. The molecule has 1 amide bonds. The standard InChI is InChI=1S/C13H14N2OS/c1-3-12(16)15(11-7-5-4-6-8-11)13-14-10(2)9-17-13/h4-9H,3H2,1-2H3. The monoisotopic (exact) mass is 246 g/mol. The Kier molecular flexibility index (Phi) is 3.54. The molecule has 1 aromatic heterocycles. The Labute approximate surface area is 105 Å². The van der Waals surface area contributed by atoms with Crippen molar-refractivity contribution < 1.29 is 4.79 Å². The van der Waals surface area contributed by atoms with E-state index in [-0.39, 0.29) is 5.91 Å². The molecule has 0 bridgehead atoms. The van der Waals surface area contributed by atoms with Gasteiger partial charge < -0.3 is 0 Å². The molecule has 0 saturated heterocycles. The number of hydrogen-bond acceptors (Lipinski definition) is 3. The summed E-state index contributed by atoms with van der Waals surface area (Å²) < 4.78 is 0. The zero-order chi connectivity index (χ0) is 12.3. The molecule has 1 aromatic carbocycles. The van der Waals surface area contributed by atoms with Gasteiger partial charge in [-0.15, -0.1) is 11.3 Å². The molecule has 0 aliphatic carbocycles. The molecule has 0 N–H and O–H groups in total. The van der Waals surface area contributed by atoms with Gasteiger partial charge in [-0.25, -0.2) is 4.98 Å². The van der Waals surface area contributed by atoms with Gasteiger partial charge in [0.2, 0.25) is 5.91 Å². The lowest BCUT2D eigenvalue weighted by atomic mass is 10.3. The van der Waals surface area contributed by atoms with Crippen molar-refractivity contribution in [2.24, 2.45) is 0 Å². The number of carbonyl (C=O) groups is 1. The lowest BCUT2D eigenvalue weighted by molar-refractivity contribution is -0.117. The summed E-state index contributed by atoms with van der Waals surface area (Å²) in [6.45, 7) is 3.79. The van der Waals surface area contributed by atoms with Crippen LogP contribution < -0.4 is 4.90 Å². The minimum atomic E-state index is 0.0607. The van der Waals surface area contributed by atoms with E-state index < -0.39 is 0 Å². The molecular formula is C13H14N2OS. The average molecular weight is 246 g/mol. The number of para-hydroxylation sites is 1. The van der Waals surface area contributed by atoms with Gasteiger partial charge in [-0.3, -0.25) is 9.69 Å². The number of nitrogens with zero attached hydrogens (tertiary/aromatic N) is 2. The number of aryl methyl sites for hydroxylation is 1. The minimum Gasteiger partial charge on any atom is -0.274 e. The molecule has 0 aliphatic rings. The zero-order valence-corrected chi connectivity index (χ0v) is 10.7. The number of carbonyl (C=O) groups excluding carboxylic acids is 1. The van der Waals surface area contributed by atoms with Crippen LogP contribution in [0.3, 0.4) is 0 Å². The second-order valence-corrected chi connectivity index (χ2v) is 4.53. The van der Waals surface area contributed by atoms with E-state index in [0.29, 0.717) is 6.42 Å². The van der Waals surface area contributed by atoms with E-state index in [1.807, 2.05) is 49.6 Å². The van der Waals surface area contributed by atoms with Crippen molar-refractivity contribution in [1.29, 1.82) is 0 Å². The van der Waals surface area contributed by atoms with Gasteiger partial charge in [-0.2, -0.15) is 0 Å². The van der Waals surface area contributed by atoms with Crippen LogP contribution in [-0.2, 0) is 4.79 Å². The minimum absolute atomic E-state index is 0.0607. The predicted octanol–water partition coefficient (Wildman–Crippen LogP) is 3.53. The summed E-state index contributed by atoms with van der Waals surface area (Å²) in [6.07, 6.45) is 0.466. The lowest BCUT2D eigenvalue weighted by Crippen LogP contribution is -2.24. The Balaban J connectivity index is 2.42. The highest BCUT2D eigenvalue weighted by Gasteiger charge is 2.18. The first-order valence-electron chi connectivity index (χ1n) is 5.52. The van der Waals surface area contributed by atoms with Crippen LogP contribution >= 0.6 is 11.3 Å². The maximum Gasteiger partial charge on any atom is 0.233 e. The first-order valence-corrected chi connectivity index (χ1v) is 6.40. The average Bonchev–Trinajstić information content (AvgIpc) is 2.77. The number of aromatic nitrogens is 1. The molecule has 4 heteroatoms. The van der Waals surface area contributed by atoms with Crippen LogP contribution in [0.15, 0.2) is 35.7 Å². The van der Waals surface area contributed by atoms with E-state index in [1.165, 1.54) is 11.3 Å². The second kappa shape index (κ2) is 5.10. The van der Waals surface area contributed by atoms with Crippen molar-refractivity contribution in [3.63, 3.8) is 0 Å². The molecule has 3 nitrogen and oxygen atoms in total. The summed E-state index contributed by atoms with van der Waals surface area (Å²) in [5.74, 6) is 0.0607. The second-order valence-electron chi connectivity index (χ2n) is 3.69. The fraction of sp³-hybridized carbons (Fsp3) is 0.231. The normalized spacial score (nSPS) is 10.2. The number of amides is 1. The molecular weight excluding hydrogens is 232 g/mol. The summed E-state index contributed by atoms with van der Waals surface area (Å²) in [5.41, 5.74) is 1.81. The molecule has 0 saturated carbocycles. The lowest BCUT2D eigenvalue weighted by Gasteiger charge is -2.19. The van der Waals surface area contributed by atoms with Crippen molar-refractivity contribution in [3.05, 3.63) is 41.4 Å². The van der Waals surface area contributed by atoms with Crippen LogP contribution in [0.1, 0.15) is 19.0 Å². The molecule has 0 atom stereocenters. The van der Waals surface area contributed by atoms with Gasteiger partial charge in [0.1, 0.15) is 0 Å². The van der Waals surface area contributed by atoms with Gasteiger partial charge in [-0.05, 0) is 19.1 Å². The maximum absolute atomic E-state index is 12.0. The third-order valence-corrected chi connectivity index (χ3v) is 3.31. The van der Waals surface area contributed by atoms with E-state index in [0.717, 1.165) is 16.5 Å². The smallest absolute Gasteiger partial charge is 0.233 e. The number of anilines is 2. The largest absolute Gasteiger partial charge is 0.274 e. The Hall–Kier alpha value is -1.68. The van der Waals surface area contributed by atoms with Crippen LogP contribution in [0.4, 0.5) is 10.8 Å². The quantitative estimate of drug-likeness (QED) is 0.830. The SMILES string of the molecule is CCC(=O)N(c1ccccc1)c1nc(C)cs1. The third-order valence-electron chi connectivity index (χ3n) is 2.36. The van der Waals surface area contributed by atoms with Crippen LogP contribution in [-0.4, -0.2) is 10.9 Å². The highest BCUT2D eigenvalue weighted by molar-refractivity contribution is 7.14. The number of rotatable bonds is 3. The third kappa shape index (κ3) is 2.53. The zero-order valence-electron chi connectivity index (χ0n) is 9.88. The van der Waals surface area contributed by atoms with Gasteiger partial charge in [0.15, 0.2) is 5.13 Å². The van der Waals surface area contributed by atoms with Crippen molar-refractivity contribution in [2.75, 3.05) is 4.90 Å². The maximum atomic E-state index is 12.0. The summed E-state index contributed by atoms with van der Waals surface area (Å²) >= 11 is 1.49. The Morgan fingerprint density at radius 1 is 1.35 bits per heavy atom. The summed E-state index contributed by atoms with van der Waals surface area (Å²) in [6, 6.07) is 9.62. The van der Waals surface area contributed by atoms with Gasteiger partial charge in [0.05, 0.1) is 11.4 Å². The van der Waals surface area contributed by atoms with E-state index in [2.05, 4.69) is 4.98 Å². The highest BCUT2D eigenvalue weighted by atomic mass is 32.1. The van der Waals surface area contributed by atoms with Crippen LogP contribution in [0.2, 0.25) is 0 Å². The van der Waals surface area contributed by atoms with E-state index in [4.69, 9.17) is 0 Å². The van der Waals surface area contributed by atoms with Crippen LogP contribution in [0, 0.1) is 6.92 Å². The summed E-state index contributed by atoms with van der Waals surface area (Å²) in [5, 5.41) is 2.69. The molecule has 2 aromatic rings. The highest BCUT2D eigenvalue weighted by Crippen LogP contribution is 2.28. The van der Waals surface area contributed by atoms with Gasteiger partial charge >= 0.3 is 0 Å². The molecule has 0 aliphatic heterocycles. The Bertz CT molecular complexity index is 507. The van der Waals surface area contributed by atoms with Crippen molar-refractivity contribution in [3.8, 4) is 0 Å². The first kappa shape index (κ1) is 11.8. The van der Waals surface area contributed by atoms with Crippen molar-refractivity contribution in [1.82, 2.24) is 4.98 Å². The van der Waals surface area contributed by atoms with Crippen LogP contribution in [0.5, 0.6) is 0 Å². The summed E-state index contributed by atoms with van der Waals surface area (Å²) in [7, 11) is 0. The van der Waals surface area contributed by atoms with E-state index in [9.17, 15) is 4.79 Å². The molecule has 0 unspecified atom stereocenters. The predicted molar refractivity (Wildman–Crippen MR) is 70.7 cm³/mol. The number of hydrogen-bond donors (Lipinski definition) is 0. The van der Waals surface area contributed by atoms with E-state index >= 15 is 0 Å². The molecule has 2 rings (SSSR count). The fourth-order valence-electron chi connectivity index (χ4n) is 1.54. The van der Waals surface area contributed by atoms with Gasteiger partial charge in [0, 0.05) is 11.8 Å². The molecule has 0 fully saturated rings. The number of benzene rings is 1. The van der Waals surface area contributed by atoms with Crippen molar-refractivity contribution >= 4 is 28.1 Å². The van der Waals surface area contributed by atoms with Gasteiger partial charge in [0.25, 0.3) is 0 Å². The molecule has 0 radical (unpaired) electrons. The molecule has 17 heavy (non-hydrogen) atoms. The molecule has 1 heterocycles. The molecule has 0 spiro atoms. The summed E-state index contributed by atoms with van der Waals surface area (Å²) in [4.78, 5) is 18.1. The van der Waals surface area contributed by atoms with E-state index in [1.54, 1.807) is 4.90 Å².